The van der Waals surface area contributed by atoms with Crippen LogP contribution in [-0.4, -0.2) is 54.4 Å². The molecule has 2 aromatic rings. The van der Waals surface area contributed by atoms with Crippen molar-refractivity contribution in [3.63, 3.8) is 0 Å². The van der Waals surface area contributed by atoms with Crippen LogP contribution in [0.5, 0.6) is 0 Å². The van der Waals surface area contributed by atoms with Gasteiger partial charge >= 0.3 is 0 Å². The Labute approximate surface area is 147 Å². The van der Waals surface area contributed by atoms with Crippen LogP contribution in [-0.2, 0) is 6.54 Å². The van der Waals surface area contributed by atoms with E-state index in [1.165, 1.54) is 55.4 Å². The molecule has 2 aromatic carbocycles. The van der Waals surface area contributed by atoms with Crippen molar-refractivity contribution in [1.29, 1.82) is 0 Å². The van der Waals surface area contributed by atoms with Crippen molar-refractivity contribution in [3.05, 3.63) is 48.0 Å². The zero-order valence-corrected chi connectivity index (χ0v) is 16.0. The van der Waals surface area contributed by atoms with E-state index in [-0.39, 0.29) is 0 Å². The molecule has 3 nitrogen and oxygen atoms in total. The number of benzene rings is 2. The number of quaternary nitrogens is 3. The van der Waals surface area contributed by atoms with Crippen molar-refractivity contribution in [3.8, 4) is 0 Å². The second-order valence-electron chi connectivity index (χ2n) is 7.69. The fourth-order valence-corrected chi connectivity index (χ4v) is 3.40. The largest absolute Gasteiger partial charge is 0.340 e. The Balaban J connectivity index is 2.04. The standard InChI is InChI=1S/C21H33N3/c1-22(2)14-8-16-24(17-9-15-23(3)4)18-20-12-7-11-19-10-5-6-13-21(19)20/h5-7,10-13H,8-9,14-18H2,1-4H3/p+3. The van der Waals surface area contributed by atoms with Gasteiger partial charge in [-0.05, 0) is 10.8 Å². The van der Waals surface area contributed by atoms with E-state index in [1.54, 1.807) is 14.7 Å². The summed E-state index contributed by atoms with van der Waals surface area (Å²) in [4.78, 5) is 4.84. The van der Waals surface area contributed by atoms with Gasteiger partial charge in [0, 0.05) is 18.4 Å². The molecule has 0 saturated heterocycles. The normalized spacial score (nSPS) is 12.0. The lowest BCUT2D eigenvalue weighted by Gasteiger charge is -2.21. The van der Waals surface area contributed by atoms with Crippen LogP contribution >= 0.6 is 0 Å². The minimum atomic E-state index is 1.15. The van der Waals surface area contributed by atoms with E-state index in [9.17, 15) is 0 Å². The fraction of sp³-hybridized carbons (Fsp3) is 0.524. The van der Waals surface area contributed by atoms with Crippen LogP contribution in [0.4, 0.5) is 0 Å². The smallest absolute Gasteiger partial charge is 0.103 e. The Kier molecular flexibility index (Phi) is 7.70. The highest BCUT2D eigenvalue weighted by Gasteiger charge is 2.13. The Bertz CT molecular complexity index is 588. The van der Waals surface area contributed by atoms with E-state index in [2.05, 4.69) is 70.7 Å². The predicted octanol–water partition coefficient (Wildman–Crippen LogP) is -0.706. The van der Waals surface area contributed by atoms with Crippen molar-refractivity contribution >= 4 is 10.8 Å². The van der Waals surface area contributed by atoms with E-state index in [0.29, 0.717) is 0 Å². The molecule has 24 heavy (non-hydrogen) atoms. The van der Waals surface area contributed by atoms with Gasteiger partial charge in [0.25, 0.3) is 0 Å². The molecule has 0 aliphatic rings. The number of rotatable bonds is 10. The molecule has 0 aliphatic heterocycles. The fourth-order valence-electron chi connectivity index (χ4n) is 3.40. The van der Waals surface area contributed by atoms with Gasteiger partial charge in [-0.3, -0.25) is 0 Å². The molecule has 132 valence electrons. The van der Waals surface area contributed by atoms with Crippen LogP contribution in [0.3, 0.4) is 0 Å². The summed E-state index contributed by atoms with van der Waals surface area (Å²) in [6.07, 6.45) is 2.61. The maximum absolute atomic E-state index is 2.32. The first kappa shape index (κ1) is 18.9. The van der Waals surface area contributed by atoms with Crippen LogP contribution in [0, 0.1) is 0 Å². The molecule has 0 aliphatic carbocycles. The summed E-state index contributed by atoms with van der Waals surface area (Å²) in [5.41, 5.74) is 1.50. The molecule has 0 saturated carbocycles. The number of fused-ring (bicyclic) bond motifs is 1. The summed E-state index contributed by atoms with van der Waals surface area (Å²) in [5, 5.41) is 2.79. The number of hydrogen-bond donors (Lipinski definition) is 3. The van der Waals surface area contributed by atoms with Crippen molar-refractivity contribution in [2.75, 3.05) is 54.4 Å². The molecule has 0 heterocycles. The van der Waals surface area contributed by atoms with Gasteiger partial charge < -0.3 is 14.7 Å². The van der Waals surface area contributed by atoms with Crippen LogP contribution in [0.1, 0.15) is 18.4 Å². The molecule has 2 rings (SSSR count). The quantitative estimate of drug-likeness (QED) is 0.510. The maximum Gasteiger partial charge on any atom is 0.103 e. The lowest BCUT2D eigenvalue weighted by molar-refractivity contribution is -0.925. The number of nitrogens with one attached hydrogen (secondary N) is 3. The van der Waals surface area contributed by atoms with Gasteiger partial charge in [-0.1, -0.05) is 42.5 Å². The van der Waals surface area contributed by atoms with Crippen LogP contribution in [0.25, 0.3) is 10.8 Å². The van der Waals surface area contributed by atoms with Gasteiger partial charge in [-0.15, -0.1) is 0 Å². The average Bonchev–Trinajstić information content (AvgIpc) is 2.54. The van der Waals surface area contributed by atoms with Gasteiger partial charge in [-0.25, -0.2) is 0 Å². The van der Waals surface area contributed by atoms with Crippen molar-refractivity contribution in [2.24, 2.45) is 0 Å². The molecule has 0 radical (unpaired) electrons. The maximum atomic E-state index is 2.32. The Morgan fingerprint density at radius 3 is 1.88 bits per heavy atom. The molecule has 0 amide bonds. The second kappa shape index (κ2) is 9.77. The summed E-state index contributed by atoms with van der Waals surface area (Å²) in [7, 11) is 9.00. The van der Waals surface area contributed by atoms with Gasteiger partial charge in [-0.2, -0.15) is 0 Å². The minimum Gasteiger partial charge on any atom is -0.340 e. The summed E-state index contributed by atoms with van der Waals surface area (Å²) < 4.78 is 0. The Morgan fingerprint density at radius 2 is 1.25 bits per heavy atom. The lowest BCUT2D eigenvalue weighted by Crippen LogP contribution is -3.13. The van der Waals surface area contributed by atoms with Crippen LogP contribution in [0.2, 0.25) is 0 Å². The van der Waals surface area contributed by atoms with Crippen molar-refractivity contribution < 1.29 is 14.7 Å². The molecule has 0 atom stereocenters. The summed E-state index contributed by atoms with van der Waals surface area (Å²) in [6.45, 7) is 6.22. The summed E-state index contributed by atoms with van der Waals surface area (Å²) in [6, 6.07) is 15.6. The zero-order valence-electron chi connectivity index (χ0n) is 16.0. The number of hydrogen-bond acceptors (Lipinski definition) is 0. The third kappa shape index (κ3) is 6.23. The van der Waals surface area contributed by atoms with Crippen molar-refractivity contribution in [2.45, 2.75) is 19.4 Å². The monoisotopic (exact) mass is 330 g/mol. The van der Waals surface area contributed by atoms with Crippen LogP contribution in [0.15, 0.2) is 42.5 Å². The van der Waals surface area contributed by atoms with E-state index < -0.39 is 0 Å². The van der Waals surface area contributed by atoms with E-state index in [1.807, 2.05) is 0 Å². The SMILES string of the molecule is C[NH+](C)CCC[NH+](CCC[NH+](C)C)Cc1cccc2ccccc12. The minimum absolute atomic E-state index is 1.15. The van der Waals surface area contributed by atoms with E-state index in [4.69, 9.17) is 0 Å². The molecule has 0 aromatic heterocycles. The molecule has 0 unspecified atom stereocenters. The van der Waals surface area contributed by atoms with Gasteiger partial charge in [0.05, 0.1) is 54.4 Å². The zero-order chi connectivity index (χ0) is 17.4. The van der Waals surface area contributed by atoms with Gasteiger partial charge in [0.1, 0.15) is 6.54 Å². The molecular formula is C21H36N3+3. The van der Waals surface area contributed by atoms with Crippen LogP contribution < -0.4 is 14.7 Å². The summed E-state index contributed by atoms with van der Waals surface area (Å²) >= 11 is 0. The predicted molar refractivity (Wildman–Crippen MR) is 103 cm³/mol. The first-order valence-corrected chi connectivity index (χ1v) is 9.44. The van der Waals surface area contributed by atoms with Gasteiger partial charge in [0.2, 0.25) is 0 Å². The third-order valence-electron chi connectivity index (χ3n) is 4.73. The molecule has 0 spiro atoms. The molecule has 3 heteroatoms. The topological polar surface area (TPSA) is 13.3 Å². The second-order valence-corrected chi connectivity index (χ2v) is 7.69. The molecule has 0 fully saturated rings. The molecule has 3 N–H and O–H groups in total. The highest BCUT2D eigenvalue weighted by Crippen LogP contribution is 2.17. The highest BCUT2D eigenvalue weighted by molar-refractivity contribution is 5.85. The van der Waals surface area contributed by atoms with Crippen molar-refractivity contribution in [1.82, 2.24) is 0 Å². The average molecular weight is 331 g/mol. The third-order valence-corrected chi connectivity index (χ3v) is 4.73. The van der Waals surface area contributed by atoms with E-state index >= 15 is 0 Å². The first-order chi connectivity index (χ1) is 11.6. The first-order valence-electron chi connectivity index (χ1n) is 9.44. The van der Waals surface area contributed by atoms with Gasteiger partial charge in [0.15, 0.2) is 0 Å². The molecule has 0 bridgehead atoms. The molecular weight excluding hydrogens is 294 g/mol. The lowest BCUT2D eigenvalue weighted by atomic mass is 10.0. The Hall–Kier alpha value is -1.42. The summed E-state index contributed by atoms with van der Waals surface area (Å²) in [5.74, 6) is 0. The van der Waals surface area contributed by atoms with E-state index in [0.717, 1.165) is 6.54 Å². The highest BCUT2D eigenvalue weighted by atomic mass is 15.1. The Morgan fingerprint density at radius 1 is 0.667 bits per heavy atom.